The zero-order valence-corrected chi connectivity index (χ0v) is 19.4. The molecule has 36 heavy (non-hydrogen) atoms. The SMILES string of the molecule is COCCOc1c2c(c(OCc3ccccn3)c3cccnc13)C(=O)N(Cc1ccc(F)cc1)C2=O. The van der Waals surface area contributed by atoms with Crippen molar-refractivity contribution in [3.8, 4) is 11.5 Å². The van der Waals surface area contributed by atoms with E-state index in [1.165, 1.54) is 31.4 Å². The monoisotopic (exact) mass is 487 g/mol. The van der Waals surface area contributed by atoms with Crippen LogP contribution in [0.2, 0.25) is 0 Å². The van der Waals surface area contributed by atoms with Gasteiger partial charge in [0.25, 0.3) is 11.8 Å². The third-order valence-corrected chi connectivity index (χ3v) is 5.77. The number of methoxy groups -OCH3 is 1. The zero-order valence-electron chi connectivity index (χ0n) is 19.4. The van der Waals surface area contributed by atoms with Crippen LogP contribution in [0.5, 0.6) is 11.5 Å². The second-order valence-electron chi connectivity index (χ2n) is 8.08. The molecule has 9 heteroatoms. The van der Waals surface area contributed by atoms with Crippen molar-refractivity contribution >= 4 is 22.7 Å². The predicted molar refractivity (Wildman–Crippen MR) is 128 cm³/mol. The van der Waals surface area contributed by atoms with Crippen molar-refractivity contribution < 1.29 is 28.2 Å². The van der Waals surface area contributed by atoms with Crippen LogP contribution >= 0.6 is 0 Å². The lowest BCUT2D eigenvalue weighted by Crippen LogP contribution is -2.29. The van der Waals surface area contributed by atoms with Crippen LogP contribution < -0.4 is 9.47 Å². The fourth-order valence-electron chi connectivity index (χ4n) is 4.08. The molecule has 1 aliphatic heterocycles. The lowest BCUT2D eigenvalue weighted by Gasteiger charge is -2.16. The third kappa shape index (κ3) is 4.36. The first kappa shape index (κ1) is 23.4. The van der Waals surface area contributed by atoms with Gasteiger partial charge in [0, 0.05) is 24.9 Å². The summed E-state index contributed by atoms with van der Waals surface area (Å²) in [6.45, 7) is 0.485. The van der Waals surface area contributed by atoms with E-state index in [9.17, 15) is 14.0 Å². The van der Waals surface area contributed by atoms with Gasteiger partial charge in [0.2, 0.25) is 0 Å². The zero-order chi connectivity index (χ0) is 25.1. The molecule has 1 aliphatic rings. The minimum atomic E-state index is -0.540. The Labute approximate surface area is 206 Å². The van der Waals surface area contributed by atoms with Crippen molar-refractivity contribution in [2.45, 2.75) is 13.2 Å². The molecule has 182 valence electrons. The van der Waals surface area contributed by atoms with E-state index in [-0.39, 0.29) is 49.0 Å². The molecule has 4 aromatic rings. The van der Waals surface area contributed by atoms with Gasteiger partial charge in [0.05, 0.1) is 24.4 Å². The standard InChI is InChI=1S/C27H22FN3O5/c1-34-13-14-35-25-22-21(26(32)31(27(22)33)15-17-7-9-18(28)10-8-17)24(20-6-4-12-30-23(20)25)36-16-19-5-2-3-11-29-19/h2-12H,13-16H2,1H3. The number of amides is 2. The summed E-state index contributed by atoms with van der Waals surface area (Å²) in [5.41, 5.74) is 1.84. The van der Waals surface area contributed by atoms with Gasteiger partial charge < -0.3 is 14.2 Å². The number of fused-ring (bicyclic) bond motifs is 2. The van der Waals surface area contributed by atoms with Crippen LogP contribution in [0.4, 0.5) is 4.39 Å². The van der Waals surface area contributed by atoms with Crippen molar-refractivity contribution in [1.82, 2.24) is 14.9 Å². The topological polar surface area (TPSA) is 90.8 Å². The first-order valence-corrected chi connectivity index (χ1v) is 11.3. The second kappa shape index (κ2) is 10.1. The fourth-order valence-corrected chi connectivity index (χ4v) is 4.08. The van der Waals surface area contributed by atoms with Gasteiger partial charge in [-0.3, -0.25) is 24.5 Å². The van der Waals surface area contributed by atoms with Crippen LogP contribution in [-0.2, 0) is 17.9 Å². The van der Waals surface area contributed by atoms with Crippen LogP contribution in [0.1, 0.15) is 32.0 Å². The Morgan fingerprint density at radius 3 is 2.31 bits per heavy atom. The smallest absolute Gasteiger partial charge is 0.265 e. The van der Waals surface area contributed by atoms with E-state index in [4.69, 9.17) is 14.2 Å². The first-order chi connectivity index (χ1) is 17.6. The summed E-state index contributed by atoms with van der Waals surface area (Å²) in [7, 11) is 1.54. The Morgan fingerprint density at radius 1 is 0.833 bits per heavy atom. The normalized spacial score (nSPS) is 12.8. The minimum Gasteiger partial charge on any atom is -0.488 e. The number of hydrogen-bond donors (Lipinski definition) is 0. The van der Waals surface area contributed by atoms with Crippen LogP contribution in [-0.4, -0.2) is 47.0 Å². The molecule has 0 saturated carbocycles. The molecule has 0 spiro atoms. The molecule has 0 N–H and O–H groups in total. The van der Waals surface area contributed by atoms with Crippen LogP contribution in [0.3, 0.4) is 0 Å². The van der Waals surface area contributed by atoms with Crippen LogP contribution in [0, 0.1) is 5.82 Å². The fraction of sp³-hybridized carbons (Fsp3) is 0.185. The molecular formula is C27H22FN3O5. The van der Waals surface area contributed by atoms with E-state index in [0.29, 0.717) is 22.2 Å². The lowest BCUT2D eigenvalue weighted by atomic mass is 10.0. The number of hydrogen-bond acceptors (Lipinski definition) is 7. The number of pyridine rings is 2. The maximum absolute atomic E-state index is 13.7. The van der Waals surface area contributed by atoms with Gasteiger partial charge in [-0.1, -0.05) is 18.2 Å². The van der Waals surface area contributed by atoms with E-state index >= 15 is 0 Å². The van der Waals surface area contributed by atoms with Crippen molar-refractivity contribution in [3.63, 3.8) is 0 Å². The average molecular weight is 487 g/mol. The van der Waals surface area contributed by atoms with E-state index < -0.39 is 17.6 Å². The molecular weight excluding hydrogens is 465 g/mol. The Bertz CT molecular complexity index is 1430. The highest BCUT2D eigenvalue weighted by atomic mass is 19.1. The number of aromatic nitrogens is 2. The largest absolute Gasteiger partial charge is 0.488 e. The van der Waals surface area contributed by atoms with Crippen molar-refractivity contribution in [3.05, 3.63) is 95.2 Å². The molecule has 2 amide bonds. The molecule has 0 atom stereocenters. The highest BCUT2D eigenvalue weighted by Crippen LogP contribution is 2.44. The molecule has 8 nitrogen and oxygen atoms in total. The molecule has 5 rings (SSSR count). The number of nitrogens with zero attached hydrogens (tertiary/aromatic N) is 3. The summed E-state index contributed by atoms with van der Waals surface area (Å²) < 4.78 is 30.6. The molecule has 0 aliphatic carbocycles. The Morgan fingerprint density at radius 2 is 1.58 bits per heavy atom. The average Bonchev–Trinajstić information content (AvgIpc) is 3.15. The summed E-state index contributed by atoms with van der Waals surface area (Å²) in [5.74, 6) is -1.04. The van der Waals surface area contributed by atoms with E-state index in [1.807, 2.05) is 6.07 Å². The summed E-state index contributed by atoms with van der Waals surface area (Å²) in [5, 5.41) is 0.532. The Kier molecular flexibility index (Phi) is 6.55. The number of carbonyl (C=O) groups is 2. The molecule has 0 saturated heterocycles. The number of imide groups is 1. The minimum absolute atomic E-state index is 0.0341. The molecule has 0 bridgehead atoms. The lowest BCUT2D eigenvalue weighted by molar-refractivity contribution is 0.0639. The molecule has 2 aromatic heterocycles. The number of benzene rings is 2. The predicted octanol–water partition coefficient (Wildman–Crippen LogP) is 4.17. The van der Waals surface area contributed by atoms with E-state index in [2.05, 4.69) is 9.97 Å². The van der Waals surface area contributed by atoms with E-state index in [0.717, 1.165) is 4.90 Å². The first-order valence-electron chi connectivity index (χ1n) is 11.3. The number of rotatable bonds is 9. The van der Waals surface area contributed by atoms with Gasteiger partial charge in [0.15, 0.2) is 5.75 Å². The second-order valence-corrected chi connectivity index (χ2v) is 8.08. The van der Waals surface area contributed by atoms with Crippen molar-refractivity contribution in [2.24, 2.45) is 0 Å². The van der Waals surface area contributed by atoms with Crippen LogP contribution in [0.25, 0.3) is 10.9 Å². The van der Waals surface area contributed by atoms with Crippen molar-refractivity contribution in [2.75, 3.05) is 20.3 Å². The highest BCUT2D eigenvalue weighted by Gasteiger charge is 2.43. The van der Waals surface area contributed by atoms with Gasteiger partial charge in [-0.2, -0.15) is 0 Å². The van der Waals surface area contributed by atoms with Crippen molar-refractivity contribution in [1.29, 1.82) is 0 Å². The Hall–Kier alpha value is -4.37. The quantitative estimate of drug-likeness (QED) is 0.259. The summed E-state index contributed by atoms with van der Waals surface area (Å²) in [6.07, 6.45) is 3.23. The van der Waals surface area contributed by atoms with Gasteiger partial charge in [-0.15, -0.1) is 0 Å². The number of ether oxygens (including phenoxy) is 3. The summed E-state index contributed by atoms with van der Waals surface area (Å²) >= 11 is 0. The number of carbonyl (C=O) groups excluding carboxylic acids is 2. The maximum atomic E-state index is 13.7. The van der Waals surface area contributed by atoms with Gasteiger partial charge >= 0.3 is 0 Å². The summed E-state index contributed by atoms with van der Waals surface area (Å²) in [6, 6.07) is 14.6. The van der Waals surface area contributed by atoms with Gasteiger partial charge in [-0.25, -0.2) is 4.39 Å². The van der Waals surface area contributed by atoms with Gasteiger partial charge in [0.1, 0.15) is 35.9 Å². The van der Waals surface area contributed by atoms with Gasteiger partial charge in [-0.05, 0) is 42.0 Å². The molecule has 2 aromatic carbocycles. The highest BCUT2D eigenvalue weighted by molar-refractivity contribution is 6.26. The molecule has 3 heterocycles. The number of halogens is 1. The molecule has 0 unspecified atom stereocenters. The van der Waals surface area contributed by atoms with E-state index in [1.54, 1.807) is 36.7 Å². The maximum Gasteiger partial charge on any atom is 0.265 e. The summed E-state index contributed by atoms with van der Waals surface area (Å²) in [4.78, 5) is 37.1. The molecule has 0 radical (unpaired) electrons. The third-order valence-electron chi connectivity index (χ3n) is 5.77. The van der Waals surface area contributed by atoms with Crippen LogP contribution in [0.15, 0.2) is 67.0 Å². The Balaban J connectivity index is 1.63. The molecule has 0 fully saturated rings.